The van der Waals surface area contributed by atoms with Crippen LogP contribution in [0, 0.1) is 12.8 Å². The van der Waals surface area contributed by atoms with Crippen LogP contribution >= 0.6 is 11.3 Å². The normalized spacial score (nSPS) is 14.3. The average Bonchev–Trinajstić information content (AvgIpc) is 3.46. The summed E-state index contributed by atoms with van der Waals surface area (Å²) in [5.74, 6) is 0.387. The first kappa shape index (κ1) is 27.7. The highest BCUT2D eigenvalue weighted by Gasteiger charge is 2.31. The SMILES string of the molecule is CC(=O)N1CCN(C(=O)c2cc(-c3csc(Nc4cccc(C(F)(F)F)c4)n3)n(CCC(C)C)c2C)CC1. The molecule has 38 heavy (non-hydrogen) atoms. The Bertz CT molecular complexity index is 1310. The molecule has 3 heterocycles. The van der Waals surface area contributed by atoms with Crippen molar-refractivity contribution in [1.29, 1.82) is 0 Å². The largest absolute Gasteiger partial charge is 0.416 e. The zero-order chi connectivity index (χ0) is 27.6. The Kier molecular flexibility index (Phi) is 8.15. The van der Waals surface area contributed by atoms with Crippen LogP contribution in [0.15, 0.2) is 35.7 Å². The molecule has 0 atom stereocenters. The molecular formula is C27H32F3N5O2S. The van der Waals surface area contributed by atoms with Crippen LogP contribution in [-0.4, -0.2) is 57.3 Å². The van der Waals surface area contributed by atoms with E-state index in [0.717, 1.165) is 29.9 Å². The van der Waals surface area contributed by atoms with Gasteiger partial charge >= 0.3 is 6.18 Å². The van der Waals surface area contributed by atoms with E-state index in [1.807, 2.05) is 18.4 Å². The number of hydrogen-bond donors (Lipinski definition) is 1. The molecule has 0 radical (unpaired) electrons. The van der Waals surface area contributed by atoms with Crippen molar-refractivity contribution in [3.8, 4) is 11.4 Å². The van der Waals surface area contributed by atoms with Gasteiger partial charge < -0.3 is 19.7 Å². The van der Waals surface area contributed by atoms with E-state index in [9.17, 15) is 22.8 Å². The summed E-state index contributed by atoms with van der Waals surface area (Å²) in [6.07, 6.45) is -3.52. The molecule has 204 valence electrons. The fourth-order valence-electron chi connectivity index (χ4n) is 4.49. The van der Waals surface area contributed by atoms with E-state index in [4.69, 9.17) is 0 Å². The molecule has 1 fully saturated rings. The van der Waals surface area contributed by atoms with Gasteiger partial charge in [-0.25, -0.2) is 4.98 Å². The Hall–Kier alpha value is -3.34. The van der Waals surface area contributed by atoms with Gasteiger partial charge in [0.25, 0.3) is 5.91 Å². The molecule has 2 amide bonds. The van der Waals surface area contributed by atoms with Crippen LogP contribution in [0.2, 0.25) is 0 Å². The van der Waals surface area contributed by atoms with Gasteiger partial charge in [0.1, 0.15) is 0 Å². The molecule has 0 saturated carbocycles. The summed E-state index contributed by atoms with van der Waals surface area (Å²) in [5, 5.41) is 5.28. The van der Waals surface area contributed by atoms with Crippen molar-refractivity contribution in [3.63, 3.8) is 0 Å². The Labute approximate surface area is 224 Å². The number of nitrogens with zero attached hydrogens (tertiary/aromatic N) is 4. The van der Waals surface area contributed by atoms with Crippen LogP contribution in [0.3, 0.4) is 0 Å². The van der Waals surface area contributed by atoms with Crippen molar-refractivity contribution in [3.05, 3.63) is 52.5 Å². The number of piperazine rings is 1. The molecule has 1 aliphatic heterocycles. The van der Waals surface area contributed by atoms with Crippen molar-refractivity contribution in [2.45, 2.75) is 46.8 Å². The van der Waals surface area contributed by atoms with Gasteiger partial charge in [0.2, 0.25) is 5.91 Å². The number of amides is 2. The third-order valence-corrected chi connectivity index (χ3v) is 7.50. The second kappa shape index (κ2) is 11.2. The van der Waals surface area contributed by atoms with Gasteiger partial charge in [0, 0.05) is 56.4 Å². The molecular weight excluding hydrogens is 515 g/mol. The number of thiazole rings is 1. The van der Waals surface area contributed by atoms with Crippen molar-refractivity contribution in [1.82, 2.24) is 19.4 Å². The van der Waals surface area contributed by atoms with Crippen molar-refractivity contribution < 1.29 is 22.8 Å². The Morgan fingerprint density at radius 2 is 1.79 bits per heavy atom. The summed E-state index contributed by atoms with van der Waals surface area (Å²) in [6, 6.07) is 6.86. The first-order valence-corrected chi connectivity index (χ1v) is 13.5. The van der Waals surface area contributed by atoms with Gasteiger partial charge in [-0.2, -0.15) is 13.2 Å². The third-order valence-electron chi connectivity index (χ3n) is 6.75. The second-order valence-corrected chi connectivity index (χ2v) is 10.8. The summed E-state index contributed by atoms with van der Waals surface area (Å²) in [5.41, 5.74) is 2.46. The van der Waals surface area contributed by atoms with E-state index >= 15 is 0 Å². The monoisotopic (exact) mass is 547 g/mol. The second-order valence-electron chi connectivity index (χ2n) is 9.90. The number of hydrogen-bond acceptors (Lipinski definition) is 5. The van der Waals surface area contributed by atoms with E-state index in [1.165, 1.54) is 24.3 Å². The number of anilines is 2. The van der Waals surface area contributed by atoms with Crippen LogP contribution in [0.4, 0.5) is 24.0 Å². The van der Waals surface area contributed by atoms with Crippen LogP contribution in [-0.2, 0) is 17.5 Å². The van der Waals surface area contributed by atoms with Crippen LogP contribution < -0.4 is 5.32 Å². The molecule has 0 spiro atoms. The number of aromatic nitrogens is 2. The highest BCUT2D eigenvalue weighted by atomic mass is 32.1. The summed E-state index contributed by atoms with van der Waals surface area (Å²) in [7, 11) is 0. The lowest BCUT2D eigenvalue weighted by Gasteiger charge is -2.34. The van der Waals surface area contributed by atoms with Gasteiger partial charge in [-0.15, -0.1) is 11.3 Å². The van der Waals surface area contributed by atoms with Gasteiger partial charge in [0.05, 0.1) is 22.5 Å². The number of benzene rings is 1. The van der Waals surface area contributed by atoms with E-state index < -0.39 is 11.7 Å². The smallest absolute Gasteiger partial charge is 0.343 e. The lowest BCUT2D eigenvalue weighted by Crippen LogP contribution is -2.50. The Morgan fingerprint density at radius 1 is 1.11 bits per heavy atom. The number of nitrogens with one attached hydrogen (secondary N) is 1. The number of halogens is 3. The molecule has 0 unspecified atom stereocenters. The predicted octanol–water partition coefficient (Wildman–Crippen LogP) is 6.03. The molecule has 1 N–H and O–H groups in total. The van der Waals surface area contributed by atoms with Crippen molar-refractivity contribution >= 4 is 34.0 Å². The average molecular weight is 548 g/mol. The highest BCUT2D eigenvalue weighted by Crippen LogP contribution is 2.34. The van der Waals surface area contributed by atoms with E-state index in [1.54, 1.807) is 15.9 Å². The molecule has 0 bridgehead atoms. The minimum absolute atomic E-state index is 0.00785. The van der Waals surface area contributed by atoms with Gasteiger partial charge in [-0.05, 0) is 43.5 Å². The maximum absolute atomic E-state index is 13.5. The van der Waals surface area contributed by atoms with E-state index in [2.05, 4.69) is 28.7 Å². The summed E-state index contributed by atoms with van der Waals surface area (Å²) in [6.45, 7) is 10.4. The van der Waals surface area contributed by atoms with Crippen LogP contribution in [0.25, 0.3) is 11.4 Å². The third kappa shape index (κ3) is 6.20. The molecule has 1 aromatic carbocycles. The number of rotatable bonds is 7. The molecule has 7 nitrogen and oxygen atoms in total. The number of carbonyl (C=O) groups excluding carboxylic acids is 2. The van der Waals surface area contributed by atoms with Gasteiger partial charge in [-0.1, -0.05) is 19.9 Å². The molecule has 4 rings (SSSR count). The molecule has 2 aromatic heterocycles. The Balaban J connectivity index is 1.60. The molecule has 0 aliphatic carbocycles. The Morgan fingerprint density at radius 3 is 2.42 bits per heavy atom. The summed E-state index contributed by atoms with van der Waals surface area (Å²) in [4.78, 5) is 33.3. The highest BCUT2D eigenvalue weighted by molar-refractivity contribution is 7.14. The van der Waals surface area contributed by atoms with Crippen LogP contribution in [0.5, 0.6) is 0 Å². The molecule has 1 aliphatic rings. The molecule has 3 aromatic rings. The first-order valence-electron chi connectivity index (χ1n) is 12.6. The number of alkyl halides is 3. The quantitative estimate of drug-likeness (QED) is 0.392. The lowest BCUT2D eigenvalue weighted by atomic mass is 10.1. The standard InChI is InChI=1S/C27H32F3N5O2S/c1-17(2)8-9-35-18(3)22(25(37)34-12-10-33(11-13-34)19(4)36)15-24(35)23-16-38-26(32-23)31-21-7-5-6-20(14-21)27(28,29)30/h5-7,14-17H,8-13H2,1-4H3,(H,31,32). The van der Waals surface area contributed by atoms with Crippen LogP contribution in [0.1, 0.15) is 48.8 Å². The predicted molar refractivity (Wildman–Crippen MR) is 143 cm³/mol. The molecule has 11 heteroatoms. The first-order chi connectivity index (χ1) is 17.9. The zero-order valence-corrected chi connectivity index (χ0v) is 22.7. The number of carbonyl (C=O) groups is 2. The van der Waals surface area contributed by atoms with E-state index in [-0.39, 0.29) is 11.8 Å². The summed E-state index contributed by atoms with van der Waals surface area (Å²) < 4.78 is 41.4. The van der Waals surface area contributed by atoms with E-state index in [0.29, 0.717) is 60.7 Å². The maximum atomic E-state index is 13.5. The minimum atomic E-state index is -4.43. The summed E-state index contributed by atoms with van der Waals surface area (Å²) >= 11 is 1.29. The maximum Gasteiger partial charge on any atom is 0.416 e. The molecule has 1 saturated heterocycles. The van der Waals surface area contributed by atoms with Gasteiger partial charge in [0.15, 0.2) is 5.13 Å². The van der Waals surface area contributed by atoms with Gasteiger partial charge in [-0.3, -0.25) is 9.59 Å². The minimum Gasteiger partial charge on any atom is -0.343 e. The van der Waals surface area contributed by atoms with Crippen molar-refractivity contribution in [2.75, 3.05) is 31.5 Å². The van der Waals surface area contributed by atoms with Crippen molar-refractivity contribution in [2.24, 2.45) is 5.92 Å². The fourth-order valence-corrected chi connectivity index (χ4v) is 5.21. The lowest BCUT2D eigenvalue weighted by molar-refractivity contribution is -0.137. The zero-order valence-electron chi connectivity index (χ0n) is 21.9. The fraction of sp³-hybridized carbons (Fsp3) is 0.444. The topological polar surface area (TPSA) is 70.5 Å².